The van der Waals surface area contributed by atoms with E-state index in [0.717, 1.165) is 6.41 Å². The predicted molar refractivity (Wildman–Crippen MR) is 28.4 cm³/mol. The number of hydrogen-bond acceptors (Lipinski definition) is 2. The Morgan fingerprint density at radius 3 is 1.50 bits per heavy atom. The Labute approximate surface area is 47.7 Å². The van der Waals surface area contributed by atoms with Crippen molar-refractivity contribution in [3.63, 3.8) is 0 Å². The van der Waals surface area contributed by atoms with E-state index in [1.807, 2.05) is 0 Å². The molecule has 0 spiro atoms. The molecule has 0 aromatic rings. The van der Waals surface area contributed by atoms with E-state index in [4.69, 9.17) is 9.90 Å². The van der Waals surface area contributed by atoms with Gasteiger partial charge in [-0.2, -0.15) is 0 Å². The van der Waals surface area contributed by atoms with Gasteiger partial charge >= 0.3 is 0 Å². The van der Waals surface area contributed by atoms with Gasteiger partial charge in [-0.1, -0.05) is 0 Å². The maximum absolute atomic E-state index is 9.43. The molecule has 0 atom stereocenters. The van der Waals surface area contributed by atoms with Crippen LogP contribution in [-0.2, 0) is 9.59 Å². The van der Waals surface area contributed by atoms with Crippen molar-refractivity contribution < 1.29 is 14.7 Å². The molecule has 0 aromatic carbocycles. The van der Waals surface area contributed by atoms with E-state index in [0.29, 0.717) is 0 Å². The standard InChI is InChI=1S/C3H7NO.CH2O2/c1-4(2)3-5;2-1-3/h3H,1-2H3;1H,(H,2,3). The van der Waals surface area contributed by atoms with Gasteiger partial charge in [0.05, 0.1) is 0 Å². The quantitative estimate of drug-likeness (QED) is 0.469. The number of amides is 1. The Hall–Kier alpha value is -1.06. The van der Waals surface area contributed by atoms with Crippen LogP contribution in [0.4, 0.5) is 0 Å². The predicted octanol–water partition coefficient (Wildman–Crippen LogP) is -0.595. The third kappa shape index (κ3) is 86.8. The molecule has 0 saturated carbocycles. The molecule has 0 rings (SSSR count). The summed E-state index contributed by atoms with van der Waals surface area (Å²) in [4.78, 5) is 19.2. The fourth-order valence-electron chi connectivity index (χ4n) is 0. The van der Waals surface area contributed by atoms with Crippen molar-refractivity contribution in [2.75, 3.05) is 14.1 Å². The van der Waals surface area contributed by atoms with Crippen LogP contribution in [0.15, 0.2) is 0 Å². The van der Waals surface area contributed by atoms with Crippen LogP contribution in [0, 0.1) is 0 Å². The highest BCUT2D eigenvalue weighted by atomic mass is 16.3. The van der Waals surface area contributed by atoms with Gasteiger partial charge in [0.2, 0.25) is 6.41 Å². The van der Waals surface area contributed by atoms with Gasteiger partial charge in [-0.3, -0.25) is 9.59 Å². The number of carbonyl (C=O) groups excluding carboxylic acids is 1. The van der Waals surface area contributed by atoms with E-state index in [1.54, 1.807) is 14.1 Å². The third-order valence-electron chi connectivity index (χ3n) is 0.211. The van der Waals surface area contributed by atoms with Crippen molar-refractivity contribution in [2.24, 2.45) is 0 Å². The number of carbonyl (C=O) groups is 2. The lowest BCUT2D eigenvalue weighted by Crippen LogP contribution is -2.06. The summed E-state index contributed by atoms with van der Waals surface area (Å²) in [6.07, 6.45) is 0.750. The monoisotopic (exact) mass is 119 g/mol. The first-order valence-electron chi connectivity index (χ1n) is 1.88. The minimum atomic E-state index is -0.250. The molecule has 0 aliphatic carbocycles. The smallest absolute Gasteiger partial charge is 0.290 e. The van der Waals surface area contributed by atoms with Crippen molar-refractivity contribution in [3.8, 4) is 0 Å². The Bertz CT molecular complexity index is 62.3. The highest BCUT2D eigenvalue weighted by Crippen LogP contribution is 1.52. The van der Waals surface area contributed by atoms with Gasteiger partial charge in [0, 0.05) is 14.1 Å². The van der Waals surface area contributed by atoms with Gasteiger partial charge in [-0.25, -0.2) is 0 Å². The average molecular weight is 119 g/mol. The van der Waals surface area contributed by atoms with Gasteiger partial charge in [-0.15, -0.1) is 0 Å². The highest BCUT2D eigenvalue weighted by molar-refractivity contribution is 5.45. The third-order valence-corrected chi connectivity index (χ3v) is 0.211. The average Bonchev–Trinajstić information content (AvgIpc) is 1.69. The number of rotatable bonds is 1. The first-order valence-corrected chi connectivity index (χ1v) is 1.88. The van der Waals surface area contributed by atoms with E-state index >= 15 is 0 Å². The van der Waals surface area contributed by atoms with Crippen molar-refractivity contribution in [2.45, 2.75) is 0 Å². The van der Waals surface area contributed by atoms with Gasteiger partial charge in [0.15, 0.2) is 0 Å². The highest BCUT2D eigenvalue weighted by Gasteiger charge is 1.68. The SMILES string of the molecule is CN(C)C=O.O=CO. The van der Waals surface area contributed by atoms with Crippen LogP contribution in [0.25, 0.3) is 0 Å². The summed E-state index contributed by atoms with van der Waals surface area (Å²) in [5.41, 5.74) is 0. The summed E-state index contributed by atoms with van der Waals surface area (Å²) in [6.45, 7) is -0.250. The molecule has 0 aliphatic heterocycles. The first-order chi connectivity index (χ1) is 3.68. The molecule has 0 heterocycles. The molecular formula is C4H9NO3. The van der Waals surface area contributed by atoms with E-state index < -0.39 is 0 Å². The van der Waals surface area contributed by atoms with E-state index in [2.05, 4.69) is 0 Å². The molecule has 0 fully saturated rings. The first kappa shape index (κ1) is 10.0. The zero-order valence-corrected chi connectivity index (χ0v) is 4.87. The largest absolute Gasteiger partial charge is 0.483 e. The molecule has 48 valence electrons. The topological polar surface area (TPSA) is 57.6 Å². The van der Waals surface area contributed by atoms with Gasteiger partial charge in [0.1, 0.15) is 0 Å². The van der Waals surface area contributed by atoms with Crippen molar-refractivity contribution in [3.05, 3.63) is 0 Å². The van der Waals surface area contributed by atoms with Crippen LogP contribution >= 0.6 is 0 Å². The maximum atomic E-state index is 9.43. The molecular weight excluding hydrogens is 110 g/mol. The fourth-order valence-corrected chi connectivity index (χ4v) is 0. The minimum Gasteiger partial charge on any atom is -0.483 e. The van der Waals surface area contributed by atoms with Gasteiger partial charge in [-0.05, 0) is 0 Å². The molecule has 4 heteroatoms. The van der Waals surface area contributed by atoms with Crippen LogP contribution in [0.5, 0.6) is 0 Å². The summed E-state index contributed by atoms with van der Waals surface area (Å²) >= 11 is 0. The zero-order chi connectivity index (χ0) is 6.99. The van der Waals surface area contributed by atoms with E-state index in [1.165, 1.54) is 4.90 Å². The number of hydrogen-bond donors (Lipinski definition) is 1. The maximum Gasteiger partial charge on any atom is 0.290 e. The second kappa shape index (κ2) is 9.34. The lowest BCUT2D eigenvalue weighted by atomic mass is 11.0. The van der Waals surface area contributed by atoms with Crippen molar-refractivity contribution in [1.29, 1.82) is 0 Å². The summed E-state index contributed by atoms with van der Waals surface area (Å²) in [5.74, 6) is 0. The Morgan fingerprint density at radius 2 is 1.50 bits per heavy atom. The molecule has 0 saturated heterocycles. The molecule has 0 aromatic heterocycles. The Morgan fingerprint density at radius 1 is 1.38 bits per heavy atom. The summed E-state index contributed by atoms with van der Waals surface area (Å²) in [5, 5.41) is 6.89. The molecule has 1 amide bonds. The number of carboxylic acid groups (broad SMARTS) is 1. The molecule has 4 nitrogen and oxygen atoms in total. The van der Waals surface area contributed by atoms with Crippen LogP contribution in [0.2, 0.25) is 0 Å². The zero-order valence-electron chi connectivity index (χ0n) is 4.87. The molecule has 0 unspecified atom stereocenters. The van der Waals surface area contributed by atoms with Crippen molar-refractivity contribution in [1.82, 2.24) is 4.90 Å². The van der Waals surface area contributed by atoms with E-state index in [9.17, 15) is 4.79 Å². The lowest BCUT2D eigenvalue weighted by Gasteiger charge is -1.93. The van der Waals surface area contributed by atoms with Gasteiger partial charge in [0.25, 0.3) is 6.47 Å². The van der Waals surface area contributed by atoms with Crippen LogP contribution in [0.1, 0.15) is 0 Å². The second-order valence-electron chi connectivity index (χ2n) is 1.17. The van der Waals surface area contributed by atoms with Crippen LogP contribution in [-0.4, -0.2) is 37.0 Å². The van der Waals surface area contributed by atoms with E-state index in [-0.39, 0.29) is 6.47 Å². The van der Waals surface area contributed by atoms with Crippen LogP contribution < -0.4 is 0 Å². The Balaban J connectivity index is 0. The summed E-state index contributed by atoms with van der Waals surface area (Å²) in [7, 11) is 3.38. The van der Waals surface area contributed by atoms with Crippen molar-refractivity contribution >= 4 is 12.9 Å². The molecule has 8 heavy (non-hydrogen) atoms. The molecule has 0 radical (unpaired) electrons. The Kier molecular flexibility index (Phi) is 11.7. The summed E-state index contributed by atoms with van der Waals surface area (Å²) < 4.78 is 0. The number of nitrogens with zero attached hydrogens (tertiary/aromatic N) is 1. The molecule has 0 bridgehead atoms. The van der Waals surface area contributed by atoms with Crippen LogP contribution in [0.3, 0.4) is 0 Å². The summed E-state index contributed by atoms with van der Waals surface area (Å²) in [6, 6.07) is 0. The fraction of sp³-hybridized carbons (Fsp3) is 0.500. The molecule has 1 N–H and O–H groups in total. The molecule has 0 aliphatic rings. The normalized spacial score (nSPS) is 5.75. The minimum absolute atomic E-state index is 0.250. The van der Waals surface area contributed by atoms with Gasteiger partial charge < -0.3 is 10.0 Å². The lowest BCUT2D eigenvalue weighted by molar-refractivity contribution is -0.123. The second-order valence-corrected chi connectivity index (χ2v) is 1.17.